The first kappa shape index (κ1) is 16.1. The van der Waals surface area contributed by atoms with E-state index < -0.39 is 23.3 Å². The van der Waals surface area contributed by atoms with Gasteiger partial charge < -0.3 is 14.3 Å². The second kappa shape index (κ2) is 6.37. The highest BCUT2D eigenvalue weighted by Gasteiger charge is 2.28. The van der Waals surface area contributed by atoms with Gasteiger partial charge in [-0.3, -0.25) is 14.0 Å². The van der Waals surface area contributed by atoms with E-state index in [4.69, 9.17) is 16.0 Å². The molecule has 24 heavy (non-hydrogen) atoms. The van der Waals surface area contributed by atoms with E-state index in [9.17, 15) is 14.7 Å². The lowest BCUT2D eigenvalue weighted by Gasteiger charge is -2.15. The number of hydrogen-bond donors (Lipinski definition) is 1. The molecule has 0 aliphatic carbocycles. The Morgan fingerprint density at radius 1 is 1.46 bits per heavy atom. The molecular formula is C16H13ClN2O5. The summed E-state index contributed by atoms with van der Waals surface area (Å²) in [4.78, 5) is 28.6. The van der Waals surface area contributed by atoms with Gasteiger partial charge in [0.1, 0.15) is 11.4 Å². The van der Waals surface area contributed by atoms with Crippen LogP contribution in [0.2, 0.25) is 5.02 Å². The highest BCUT2D eigenvalue weighted by molar-refractivity contribution is 6.30. The van der Waals surface area contributed by atoms with Crippen LogP contribution < -0.4 is 5.56 Å². The maximum absolute atomic E-state index is 12.8. The molecule has 3 aromatic heterocycles. The largest absolute Gasteiger partial charge is 0.493 e. The number of halogens is 1. The standard InChI is InChI=1S/C16H13ClN2O5/c1-23-13(20)7-10(11-3-2-6-24-11)14-15(21)18-12-5-4-9(17)8-19(12)16(14)22/h2-6,8,10,21H,7H2,1H3/t10-/m1/s1. The van der Waals surface area contributed by atoms with Crippen LogP contribution in [0.1, 0.15) is 23.7 Å². The molecular weight excluding hydrogens is 336 g/mol. The van der Waals surface area contributed by atoms with Crippen LogP contribution in [0.3, 0.4) is 0 Å². The molecule has 3 aromatic rings. The highest BCUT2D eigenvalue weighted by atomic mass is 35.5. The molecule has 3 rings (SSSR count). The van der Waals surface area contributed by atoms with Crippen LogP contribution in [0.5, 0.6) is 5.88 Å². The number of aromatic nitrogens is 2. The number of methoxy groups -OCH3 is 1. The molecule has 0 saturated heterocycles. The number of carbonyl (C=O) groups excluding carboxylic acids is 1. The summed E-state index contributed by atoms with van der Waals surface area (Å²) >= 11 is 5.93. The third-order valence-corrected chi connectivity index (χ3v) is 3.86. The highest BCUT2D eigenvalue weighted by Crippen LogP contribution is 2.31. The third-order valence-electron chi connectivity index (χ3n) is 3.63. The number of hydrogen-bond acceptors (Lipinski definition) is 6. The van der Waals surface area contributed by atoms with E-state index in [-0.39, 0.29) is 17.6 Å². The second-order valence-corrected chi connectivity index (χ2v) is 5.51. The third kappa shape index (κ3) is 2.85. The van der Waals surface area contributed by atoms with Gasteiger partial charge in [-0.2, -0.15) is 4.98 Å². The molecule has 1 atom stereocenters. The maximum Gasteiger partial charge on any atom is 0.306 e. The first-order valence-electron chi connectivity index (χ1n) is 7.02. The zero-order valence-corrected chi connectivity index (χ0v) is 13.4. The minimum absolute atomic E-state index is 0.0601. The second-order valence-electron chi connectivity index (χ2n) is 5.08. The number of aromatic hydroxyl groups is 1. The molecule has 0 saturated carbocycles. The van der Waals surface area contributed by atoms with Crippen molar-refractivity contribution >= 4 is 23.2 Å². The summed E-state index contributed by atoms with van der Waals surface area (Å²) < 4.78 is 11.2. The van der Waals surface area contributed by atoms with Crippen molar-refractivity contribution in [3.05, 3.63) is 63.4 Å². The Kier molecular flexibility index (Phi) is 4.26. The van der Waals surface area contributed by atoms with E-state index in [0.717, 1.165) is 0 Å². The van der Waals surface area contributed by atoms with Crippen molar-refractivity contribution in [2.75, 3.05) is 7.11 Å². The molecule has 0 aliphatic rings. The summed E-state index contributed by atoms with van der Waals surface area (Å²) in [5.74, 6) is -1.50. The van der Waals surface area contributed by atoms with E-state index in [2.05, 4.69) is 9.72 Å². The molecule has 3 heterocycles. The van der Waals surface area contributed by atoms with Crippen LogP contribution >= 0.6 is 11.6 Å². The van der Waals surface area contributed by atoms with Gasteiger partial charge in [0.05, 0.1) is 36.3 Å². The monoisotopic (exact) mass is 348 g/mol. The predicted molar refractivity (Wildman–Crippen MR) is 85.3 cm³/mol. The number of ether oxygens (including phenoxy) is 1. The van der Waals surface area contributed by atoms with Crippen LogP contribution in [0.25, 0.3) is 5.65 Å². The normalized spacial score (nSPS) is 12.2. The van der Waals surface area contributed by atoms with Gasteiger partial charge in [-0.05, 0) is 24.3 Å². The molecule has 0 spiro atoms. The zero-order valence-electron chi connectivity index (χ0n) is 12.6. The average Bonchev–Trinajstić information content (AvgIpc) is 3.09. The van der Waals surface area contributed by atoms with Gasteiger partial charge in [-0.1, -0.05) is 11.6 Å². The summed E-state index contributed by atoms with van der Waals surface area (Å²) in [5.41, 5.74) is -0.359. The zero-order chi connectivity index (χ0) is 17.3. The molecule has 0 unspecified atom stereocenters. The van der Waals surface area contributed by atoms with E-state index in [1.54, 1.807) is 18.2 Å². The molecule has 0 aliphatic heterocycles. The van der Waals surface area contributed by atoms with Gasteiger partial charge >= 0.3 is 5.97 Å². The molecule has 0 aromatic carbocycles. The van der Waals surface area contributed by atoms with Crippen molar-refractivity contribution in [1.82, 2.24) is 9.38 Å². The van der Waals surface area contributed by atoms with Gasteiger partial charge in [0.2, 0.25) is 5.88 Å². The fourth-order valence-corrected chi connectivity index (χ4v) is 2.66. The van der Waals surface area contributed by atoms with Gasteiger partial charge in [0.25, 0.3) is 5.56 Å². The number of esters is 1. The summed E-state index contributed by atoms with van der Waals surface area (Å²) in [5, 5.41) is 10.6. The minimum atomic E-state index is -0.830. The molecule has 0 bridgehead atoms. The number of pyridine rings is 1. The van der Waals surface area contributed by atoms with Crippen molar-refractivity contribution in [1.29, 1.82) is 0 Å². The van der Waals surface area contributed by atoms with Crippen molar-refractivity contribution in [3.8, 4) is 5.88 Å². The molecule has 0 amide bonds. The lowest BCUT2D eigenvalue weighted by molar-refractivity contribution is -0.140. The summed E-state index contributed by atoms with van der Waals surface area (Å²) in [6.45, 7) is 0. The van der Waals surface area contributed by atoms with Gasteiger partial charge in [-0.15, -0.1) is 0 Å². The fourth-order valence-electron chi connectivity index (χ4n) is 2.50. The van der Waals surface area contributed by atoms with Gasteiger partial charge in [0.15, 0.2) is 0 Å². The Bertz CT molecular complexity index is 949. The quantitative estimate of drug-likeness (QED) is 0.727. The lowest BCUT2D eigenvalue weighted by atomic mass is 9.94. The number of furan rings is 1. The summed E-state index contributed by atoms with van der Waals surface area (Å²) in [7, 11) is 1.24. The fraction of sp³-hybridized carbons (Fsp3) is 0.188. The van der Waals surface area contributed by atoms with Crippen LogP contribution in [0, 0.1) is 0 Å². The van der Waals surface area contributed by atoms with E-state index in [0.29, 0.717) is 10.8 Å². The Balaban J connectivity index is 2.24. The lowest BCUT2D eigenvalue weighted by Crippen LogP contribution is -2.24. The van der Waals surface area contributed by atoms with E-state index in [1.165, 1.54) is 30.0 Å². The smallest absolute Gasteiger partial charge is 0.306 e. The topological polar surface area (TPSA) is 94.0 Å². The first-order chi connectivity index (χ1) is 11.5. The average molecular weight is 349 g/mol. The number of rotatable bonds is 4. The Morgan fingerprint density at radius 3 is 2.92 bits per heavy atom. The van der Waals surface area contributed by atoms with E-state index >= 15 is 0 Å². The number of nitrogens with zero attached hydrogens (tertiary/aromatic N) is 2. The van der Waals surface area contributed by atoms with Crippen molar-refractivity contribution in [3.63, 3.8) is 0 Å². The summed E-state index contributed by atoms with van der Waals surface area (Å²) in [6, 6.07) is 6.30. The van der Waals surface area contributed by atoms with Crippen LogP contribution in [0.4, 0.5) is 0 Å². The Morgan fingerprint density at radius 2 is 2.25 bits per heavy atom. The predicted octanol–water partition coefficient (Wildman–Crippen LogP) is 2.34. The van der Waals surface area contributed by atoms with Crippen molar-refractivity contribution in [2.24, 2.45) is 0 Å². The van der Waals surface area contributed by atoms with Crippen LogP contribution in [-0.2, 0) is 9.53 Å². The molecule has 7 nitrogen and oxygen atoms in total. The van der Waals surface area contributed by atoms with Crippen LogP contribution in [0.15, 0.2) is 45.9 Å². The van der Waals surface area contributed by atoms with Crippen molar-refractivity contribution < 1.29 is 19.1 Å². The SMILES string of the molecule is COC(=O)C[C@H](c1ccco1)c1c(O)nc2ccc(Cl)cn2c1=O. The molecule has 0 radical (unpaired) electrons. The Hall–Kier alpha value is -2.80. The van der Waals surface area contributed by atoms with E-state index in [1.807, 2.05) is 0 Å². The van der Waals surface area contributed by atoms with Gasteiger partial charge in [-0.25, -0.2) is 0 Å². The molecule has 1 N–H and O–H groups in total. The maximum atomic E-state index is 12.8. The summed E-state index contributed by atoms with van der Waals surface area (Å²) in [6.07, 6.45) is 2.63. The van der Waals surface area contributed by atoms with Crippen molar-refractivity contribution in [2.45, 2.75) is 12.3 Å². The molecule has 124 valence electrons. The van der Waals surface area contributed by atoms with Gasteiger partial charge in [0, 0.05) is 6.20 Å². The Labute approximate surface area is 141 Å². The number of carbonyl (C=O) groups is 1. The number of fused-ring (bicyclic) bond motifs is 1. The minimum Gasteiger partial charge on any atom is -0.493 e. The van der Waals surface area contributed by atoms with Crippen LogP contribution in [-0.4, -0.2) is 27.6 Å². The molecule has 0 fully saturated rings. The molecule has 8 heteroatoms. The first-order valence-corrected chi connectivity index (χ1v) is 7.40.